The molecule has 3 rings (SSSR count). The molecular formula is C18H23F2N3O4. The van der Waals surface area contributed by atoms with Gasteiger partial charge >= 0.3 is 6.09 Å². The third-order valence-corrected chi connectivity index (χ3v) is 4.93. The van der Waals surface area contributed by atoms with E-state index in [2.05, 4.69) is 0 Å². The van der Waals surface area contributed by atoms with Crippen molar-refractivity contribution >= 4 is 17.7 Å². The first-order valence-electron chi connectivity index (χ1n) is 9.08. The van der Waals surface area contributed by atoms with Crippen LogP contribution in [0.25, 0.3) is 0 Å². The summed E-state index contributed by atoms with van der Waals surface area (Å²) in [7, 11) is 0. The van der Waals surface area contributed by atoms with Crippen LogP contribution in [0.2, 0.25) is 0 Å². The van der Waals surface area contributed by atoms with Gasteiger partial charge in [0.1, 0.15) is 11.4 Å². The summed E-state index contributed by atoms with van der Waals surface area (Å²) in [5.74, 6) is -1.81. The highest BCUT2D eigenvalue weighted by atomic mass is 19.1. The summed E-state index contributed by atoms with van der Waals surface area (Å²) < 4.78 is 34.2. The van der Waals surface area contributed by atoms with E-state index in [0.717, 1.165) is 31.4 Å². The van der Waals surface area contributed by atoms with E-state index >= 15 is 0 Å². The van der Waals surface area contributed by atoms with Crippen LogP contribution >= 0.6 is 0 Å². The molecule has 0 aliphatic carbocycles. The van der Waals surface area contributed by atoms with Gasteiger partial charge in [-0.3, -0.25) is 4.79 Å². The summed E-state index contributed by atoms with van der Waals surface area (Å²) in [5.41, 5.74) is -0.199. The average Bonchev–Trinajstić information content (AvgIpc) is 2.66. The molecule has 0 saturated carbocycles. The Morgan fingerprint density at radius 3 is 2.07 bits per heavy atom. The molecule has 2 aliphatic heterocycles. The topological polar surface area (TPSA) is 73.3 Å². The second-order valence-corrected chi connectivity index (χ2v) is 6.72. The average molecular weight is 383 g/mol. The predicted octanol–water partition coefficient (Wildman–Crippen LogP) is 2.16. The van der Waals surface area contributed by atoms with Gasteiger partial charge in [0.25, 0.3) is 5.91 Å². The van der Waals surface area contributed by atoms with E-state index in [4.69, 9.17) is 9.84 Å². The molecule has 148 valence electrons. The number of nitrogens with zero attached hydrogens (tertiary/aromatic N) is 3. The second kappa shape index (κ2) is 8.41. The largest absolute Gasteiger partial charge is 0.484 e. The van der Waals surface area contributed by atoms with Crippen LogP contribution < -0.4 is 9.64 Å². The predicted molar refractivity (Wildman–Crippen MR) is 94.1 cm³/mol. The number of ether oxygens (including phenoxy) is 1. The number of likely N-dealkylation sites (tertiary alicyclic amines) is 1. The highest BCUT2D eigenvalue weighted by molar-refractivity contribution is 5.77. The molecule has 2 fully saturated rings. The molecule has 0 aromatic heterocycles. The number of carboxylic acid groups (broad SMARTS) is 1. The second-order valence-electron chi connectivity index (χ2n) is 6.72. The van der Waals surface area contributed by atoms with Gasteiger partial charge in [-0.1, -0.05) is 0 Å². The number of rotatable bonds is 4. The Balaban J connectivity index is 1.61. The molecule has 2 heterocycles. The van der Waals surface area contributed by atoms with Crippen LogP contribution in [0.15, 0.2) is 12.1 Å². The Morgan fingerprint density at radius 1 is 0.926 bits per heavy atom. The third kappa shape index (κ3) is 4.58. The van der Waals surface area contributed by atoms with E-state index in [1.165, 1.54) is 9.80 Å². The van der Waals surface area contributed by atoms with Crippen molar-refractivity contribution in [3.05, 3.63) is 23.8 Å². The molecule has 0 atom stereocenters. The molecule has 0 spiro atoms. The molecule has 0 radical (unpaired) electrons. The SMILES string of the molecule is O=C(O)N1CCN(c2c(F)cc(OCC(=O)N3CCCCC3)cc2F)CC1. The molecule has 1 aromatic carbocycles. The minimum absolute atomic E-state index is 0.0386. The smallest absolute Gasteiger partial charge is 0.407 e. The Bertz CT molecular complexity index is 679. The number of benzene rings is 1. The number of halogens is 2. The number of amides is 2. The van der Waals surface area contributed by atoms with Gasteiger partial charge < -0.3 is 24.5 Å². The summed E-state index contributed by atoms with van der Waals surface area (Å²) >= 11 is 0. The van der Waals surface area contributed by atoms with Crippen LogP contribution in [-0.4, -0.2) is 72.8 Å². The Labute approximate surface area is 156 Å². The van der Waals surface area contributed by atoms with Crippen molar-refractivity contribution in [2.24, 2.45) is 0 Å². The number of carbonyl (C=O) groups excluding carboxylic acids is 1. The lowest BCUT2D eigenvalue weighted by Crippen LogP contribution is -2.48. The maximum absolute atomic E-state index is 14.4. The molecular weight excluding hydrogens is 360 g/mol. The first kappa shape index (κ1) is 19.2. The fourth-order valence-electron chi connectivity index (χ4n) is 3.43. The normalized spacial score (nSPS) is 17.8. The fourth-order valence-corrected chi connectivity index (χ4v) is 3.43. The summed E-state index contributed by atoms with van der Waals surface area (Å²) in [5, 5.41) is 8.95. The van der Waals surface area contributed by atoms with Gasteiger partial charge in [0.2, 0.25) is 0 Å². The molecule has 0 bridgehead atoms. The number of anilines is 1. The first-order valence-corrected chi connectivity index (χ1v) is 9.08. The quantitative estimate of drug-likeness (QED) is 0.863. The fraction of sp³-hybridized carbons (Fsp3) is 0.556. The maximum atomic E-state index is 14.4. The first-order chi connectivity index (χ1) is 13.0. The van der Waals surface area contributed by atoms with Gasteiger partial charge in [0, 0.05) is 51.4 Å². The molecule has 2 aliphatic rings. The Morgan fingerprint density at radius 2 is 1.52 bits per heavy atom. The van der Waals surface area contributed by atoms with Gasteiger partial charge in [-0.05, 0) is 19.3 Å². The Hall–Kier alpha value is -2.58. The molecule has 27 heavy (non-hydrogen) atoms. The van der Waals surface area contributed by atoms with E-state index < -0.39 is 17.7 Å². The molecule has 1 N–H and O–H groups in total. The molecule has 0 unspecified atom stereocenters. The number of piperidine rings is 1. The zero-order valence-corrected chi connectivity index (χ0v) is 15.0. The van der Waals surface area contributed by atoms with Crippen LogP contribution in [-0.2, 0) is 4.79 Å². The lowest BCUT2D eigenvalue weighted by Gasteiger charge is -2.34. The minimum atomic E-state index is -1.04. The van der Waals surface area contributed by atoms with Gasteiger partial charge in [-0.25, -0.2) is 13.6 Å². The lowest BCUT2D eigenvalue weighted by atomic mass is 10.1. The molecule has 7 nitrogen and oxygen atoms in total. The van der Waals surface area contributed by atoms with E-state index in [0.29, 0.717) is 13.1 Å². The number of piperazine rings is 1. The van der Waals surface area contributed by atoms with Crippen LogP contribution in [0.3, 0.4) is 0 Å². The summed E-state index contributed by atoms with van der Waals surface area (Å²) in [4.78, 5) is 27.4. The molecule has 2 saturated heterocycles. The van der Waals surface area contributed by atoms with Crippen molar-refractivity contribution in [2.75, 3.05) is 50.8 Å². The van der Waals surface area contributed by atoms with E-state index in [1.54, 1.807) is 4.90 Å². The zero-order chi connectivity index (χ0) is 19.4. The van der Waals surface area contributed by atoms with Crippen LogP contribution in [0.4, 0.5) is 19.3 Å². The number of carbonyl (C=O) groups is 2. The third-order valence-electron chi connectivity index (χ3n) is 4.93. The highest BCUT2D eigenvalue weighted by Gasteiger charge is 2.25. The monoisotopic (exact) mass is 383 g/mol. The maximum Gasteiger partial charge on any atom is 0.407 e. The number of hydrogen-bond acceptors (Lipinski definition) is 4. The Kier molecular flexibility index (Phi) is 5.98. The zero-order valence-electron chi connectivity index (χ0n) is 15.0. The molecule has 2 amide bonds. The van der Waals surface area contributed by atoms with Crippen molar-refractivity contribution in [1.29, 1.82) is 0 Å². The van der Waals surface area contributed by atoms with Crippen molar-refractivity contribution in [3.63, 3.8) is 0 Å². The van der Waals surface area contributed by atoms with E-state index in [1.807, 2.05) is 0 Å². The van der Waals surface area contributed by atoms with Crippen LogP contribution in [0, 0.1) is 11.6 Å². The van der Waals surface area contributed by atoms with E-state index in [-0.39, 0.29) is 50.1 Å². The molecule has 9 heteroatoms. The summed E-state index contributed by atoms with van der Waals surface area (Å²) in [6.07, 6.45) is 1.97. The van der Waals surface area contributed by atoms with Gasteiger partial charge in [-0.15, -0.1) is 0 Å². The summed E-state index contributed by atoms with van der Waals surface area (Å²) in [6, 6.07) is 2.12. The van der Waals surface area contributed by atoms with Crippen molar-refractivity contribution in [3.8, 4) is 5.75 Å². The van der Waals surface area contributed by atoms with Crippen molar-refractivity contribution in [1.82, 2.24) is 9.80 Å². The molecule has 1 aromatic rings. The van der Waals surface area contributed by atoms with Crippen LogP contribution in [0.5, 0.6) is 5.75 Å². The number of hydrogen-bond donors (Lipinski definition) is 1. The van der Waals surface area contributed by atoms with Crippen LogP contribution in [0.1, 0.15) is 19.3 Å². The minimum Gasteiger partial charge on any atom is -0.484 e. The van der Waals surface area contributed by atoms with E-state index in [9.17, 15) is 18.4 Å². The standard InChI is InChI=1S/C18H23F2N3O4/c19-14-10-13(27-12-16(24)21-4-2-1-3-5-21)11-15(20)17(14)22-6-8-23(9-7-22)18(25)26/h10-11H,1-9,12H2,(H,25,26). The van der Waals surface area contributed by atoms with Crippen molar-refractivity contribution < 1.29 is 28.2 Å². The van der Waals surface area contributed by atoms with Gasteiger partial charge in [-0.2, -0.15) is 0 Å². The van der Waals surface area contributed by atoms with Crippen molar-refractivity contribution in [2.45, 2.75) is 19.3 Å². The lowest BCUT2D eigenvalue weighted by molar-refractivity contribution is -0.134. The summed E-state index contributed by atoms with van der Waals surface area (Å²) in [6.45, 7) is 1.88. The van der Waals surface area contributed by atoms with Gasteiger partial charge in [0.15, 0.2) is 18.2 Å². The van der Waals surface area contributed by atoms with Gasteiger partial charge in [0.05, 0.1) is 0 Å². The highest BCUT2D eigenvalue weighted by Crippen LogP contribution is 2.29.